The van der Waals surface area contributed by atoms with E-state index in [9.17, 15) is 39.3 Å². The number of aliphatic carboxylic acids is 2. The normalized spacial score (nSPS) is 10.1. The Hall–Kier alpha value is -3.43. The van der Waals surface area contributed by atoms with Crippen molar-refractivity contribution in [2.45, 2.75) is 38.5 Å². The van der Waals surface area contributed by atoms with Gasteiger partial charge in [0.1, 0.15) is 0 Å². The molecule has 0 aliphatic heterocycles. The molecule has 2 amide bonds. The molecular weight excluding hydrogens is 360 g/mol. The van der Waals surface area contributed by atoms with Crippen molar-refractivity contribution in [1.82, 2.24) is 0 Å². The number of benzene rings is 1. The van der Waals surface area contributed by atoms with Crippen molar-refractivity contribution >= 4 is 41.1 Å². The van der Waals surface area contributed by atoms with E-state index in [0.717, 1.165) is 12.1 Å². The maximum atomic E-state index is 11.8. The van der Waals surface area contributed by atoms with Gasteiger partial charge in [0.25, 0.3) is 0 Å². The molecule has 0 bridgehead atoms. The third-order valence-corrected chi connectivity index (χ3v) is 3.31. The third-order valence-electron chi connectivity index (χ3n) is 3.31. The fourth-order valence-electron chi connectivity index (χ4n) is 2.12. The Morgan fingerprint density at radius 1 is 0.667 bits per heavy atom. The zero-order valence-corrected chi connectivity index (χ0v) is 14.2. The lowest BCUT2D eigenvalue weighted by Gasteiger charge is -2.13. The monoisotopic (exact) mass is 377 g/mol. The van der Waals surface area contributed by atoms with Crippen molar-refractivity contribution in [3.63, 3.8) is 0 Å². The summed E-state index contributed by atoms with van der Waals surface area (Å²) in [6, 6.07) is 3.55. The van der Waals surface area contributed by atoms with Crippen LogP contribution in [0.4, 0.5) is 11.4 Å². The van der Waals surface area contributed by atoms with E-state index in [0.29, 0.717) is 0 Å². The molecule has 0 atom stereocenters. The summed E-state index contributed by atoms with van der Waals surface area (Å²) >= 11 is 0. The summed E-state index contributed by atoms with van der Waals surface area (Å²) in [7, 11) is 0. The van der Waals surface area contributed by atoms with Crippen LogP contribution in [0, 0.1) is 0 Å². The molecule has 2 N–H and O–H groups in total. The average molecular weight is 377 g/mol. The Bertz CT molecular complexity index is 692. The average Bonchev–Trinajstić information content (AvgIpc) is 2.53. The number of carbonyl (C=O) groups is 5. The minimum absolute atomic E-state index is 0.0520. The third kappa shape index (κ3) is 9.00. The molecule has 0 unspecified atom stereocenters. The summed E-state index contributed by atoms with van der Waals surface area (Å²) < 4.78 is 0. The highest BCUT2D eigenvalue weighted by Crippen LogP contribution is 2.20. The maximum absolute atomic E-state index is 11.8. The molecule has 0 aliphatic rings. The molecule has 27 heavy (non-hydrogen) atoms. The molecule has 10 nitrogen and oxygen atoms in total. The predicted octanol–water partition coefficient (Wildman–Crippen LogP) is -2.23. The first-order chi connectivity index (χ1) is 12.7. The molecule has 146 valence electrons. The maximum Gasteiger partial charge on any atom is 0.224 e. The zero-order chi connectivity index (χ0) is 20.4. The Labute approximate surface area is 154 Å². The fourth-order valence-corrected chi connectivity index (χ4v) is 2.12. The van der Waals surface area contributed by atoms with Gasteiger partial charge in [-0.3, -0.25) is 9.59 Å². The molecule has 0 fully saturated rings. The van der Waals surface area contributed by atoms with Crippen LogP contribution < -0.4 is 26.0 Å². The minimum atomic E-state index is -1.53. The minimum Gasteiger partial charge on any atom is -0.550 e. The van der Waals surface area contributed by atoms with Crippen LogP contribution in [-0.4, -0.2) is 29.7 Å². The van der Waals surface area contributed by atoms with Crippen molar-refractivity contribution in [1.29, 1.82) is 0 Å². The Morgan fingerprint density at radius 3 is 1.41 bits per heavy atom. The summed E-state index contributed by atoms with van der Waals surface area (Å²) in [5.41, 5.74) is -0.159. The molecule has 0 aromatic heterocycles. The molecule has 10 heteroatoms. The van der Waals surface area contributed by atoms with E-state index in [1.807, 2.05) is 0 Å². The molecule has 1 aromatic carbocycles. The molecule has 1 rings (SSSR count). The molecular formula is C17H17N2O8-3. The lowest BCUT2D eigenvalue weighted by atomic mass is 10.1. The highest BCUT2D eigenvalue weighted by molar-refractivity contribution is 5.97. The lowest BCUT2D eigenvalue weighted by Crippen LogP contribution is -2.24. The van der Waals surface area contributed by atoms with Crippen molar-refractivity contribution in [2.24, 2.45) is 0 Å². The summed E-state index contributed by atoms with van der Waals surface area (Å²) in [6.07, 6.45) is -0.713. The molecule has 0 spiro atoms. The molecule has 0 saturated carbocycles. The Balaban J connectivity index is 2.77. The van der Waals surface area contributed by atoms with Gasteiger partial charge >= 0.3 is 0 Å². The first-order valence-electron chi connectivity index (χ1n) is 8.03. The SMILES string of the molecule is O=C([O-])CCCC(=O)Nc1cc(NC(=O)CCCC(=O)[O-])cc(C(=O)[O-])c1. The number of rotatable bonds is 11. The van der Waals surface area contributed by atoms with Gasteiger partial charge in [0.15, 0.2) is 0 Å². The van der Waals surface area contributed by atoms with Gasteiger partial charge in [-0.25, -0.2) is 0 Å². The molecule has 0 heterocycles. The molecule has 0 radical (unpaired) electrons. The first kappa shape index (κ1) is 21.6. The van der Waals surface area contributed by atoms with Crippen LogP contribution in [0.1, 0.15) is 48.9 Å². The van der Waals surface area contributed by atoms with Crippen LogP contribution in [0.25, 0.3) is 0 Å². The van der Waals surface area contributed by atoms with Gasteiger partial charge in [0.2, 0.25) is 11.8 Å². The quantitative estimate of drug-likeness (QED) is 0.434. The van der Waals surface area contributed by atoms with Gasteiger partial charge in [-0.05, 0) is 43.9 Å². The molecule has 1 aromatic rings. The van der Waals surface area contributed by atoms with Crippen LogP contribution in [-0.2, 0) is 19.2 Å². The summed E-state index contributed by atoms with van der Waals surface area (Å²) in [5, 5.41) is 36.5. The van der Waals surface area contributed by atoms with E-state index >= 15 is 0 Å². The van der Waals surface area contributed by atoms with Gasteiger partial charge in [-0.1, -0.05) is 0 Å². The number of hydrogen-bond donors (Lipinski definition) is 2. The van der Waals surface area contributed by atoms with Crippen molar-refractivity contribution in [3.05, 3.63) is 23.8 Å². The zero-order valence-electron chi connectivity index (χ0n) is 14.2. The summed E-state index contributed by atoms with van der Waals surface area (Å²) in [4.78, 5) is 55.3. The van der Waals surface area contributed by atoms with Crippen molar-refractivity contribution in [3.8, 4) is 0 Å². The second kappa shape index (κ2) is 10.5. The highest BCUT2D eigenvalue weighted by atomic mass is 16.4. The first-order valence-corrected chi connectivity index (χ1v) is 8.03. The van der Waals surface area contributed by atoms with Crippen LogP contribution in [0.5, 0.6) is 0 Å². The van der Waals surface area contributed by atoms with Crippen LogP contribution in [0.2, 0.25) is 0 Å². The summed E-state index contributed by atoms with van der Waals surface area (Å²) in [5.74, 6) is -5.19. The van der Waals surface area contributed by atoms with E-state index in [-0.39, 0.29) is 55.5 Å². The largest absolute Gasteiger partial charge is 0.550 e. The second-order valence-electron chi connectivity index (χ2n) is 5.63. The van der Waals surface area contributed by atoms with Gasteiger partial charge < -0.3 is 40.3 Å². The number of carboxylic acid groups (broad SMARTS) is 3. The van der Waals surface area contributed by atoms with E-state index in [2.05, 4.69) is 10.6 Å². The molecule has 0 saturated heterocycles. The van der Waals surface area contributed by atoms with Crippen molar-refractivity contribution < 1.29 is 39.3 Å². The fraction of sp³-hybridized carbons (Fsp3) is 0.353. The Morgan fingerprint density at radius 2 is 1.07 bits per heavy atom. The van der Waals surface area contributed by atoms with Gasteiger partial charge in [-0.15, -0.1) is 0 Å². The number of carbonyl (C=O) groups excluding carboxylic acids is 5. The van der Waals surface area contributed by atoms with E-state index < -0.39 is 29.7 Å². The van der Waals surface area contributed by atoms with Gasteiger partial charge in [0.05, 0.1) is 5.97 Å². The summed E-state index contributed by atoms with van der Waals surface area (Å²) in [6.45, 7) is 0. The standard InChI is InChI=1S/C17H20N2O8/c20-13(3-1-5-15(22)23)18-11-7-10(17(26)27)8-12(9-11)19-14(21)4-2-6-16(24)25/h7-9H,1-6H2,(H,18,20)(H,19,21)(H,22,23)(H,24,25)(H,26,27)/p-3. The van der Waals surface area contributed by atoms with E-state index in [1.165, 1.54) is 6.07 Å². The number of amides is 2. The van der Waals surface area contributed by atoms with E-state index in [4.69, 9.17) is 0 Å². The van der Waals surface area contributed by atoms with Gasteiger partial charge in [0, 0.05) is 41.7 Å². The molecule has 0 aliphatic carbocycles. The van der Waals surface area contributed by atoms with Crippen LogP contribution >= 0.6 is 0 Å². The predicted molar refractivity (Wildman–Crippen MR) is 85.7 cm³/mol. The number of hydrogen-bond acceptors (Lipinski definition) is 8. The van der Waals surface area contributed by atoms with Crippen LogP contribution in [0.15, 0.2) is 18.2 Å². The topological polar surface area (TPSA) is 179 Å². The number of carboxylic acids is 3. The number of anilines is 2. The second-order valence-corrected chi connectivity index (χ2v) is 5.63. The van der Waals surface area contributed by atoms with Crippen LogP contribution in [0.3, 0.4) is 0 Å². The number of nitrogens with one attached hydrogen (secondary N) is 2. The Kier molecular flexibility index (Phi) is 8.43. The van der Waals surface area contributed by atoms with Crippen molar-refractivity contribution in [2.75, 3.05) is 10.6 Å². The lowest BCUT2D eigenvalue weighted by molar-refractivity contribution is -0.307. The highest BCUT2D eigenvalue weighted by Gasteiger charge is 2.09. The number of aromatic carboxylic acids is 1. The van der Waals surface area contributed by atoms with Gasteiger partial charge in [-0.2, -0.15) is 0 Å². The smallest absolute Gasteiger partial charge is 0.224 e. The van der Waals surface area contributed by atoms with E-state index in [1.54, 1.807) is 0 Å².